The van der Waals surface area contributed by atoms with Gasteiger partial charge in [-0.2, -0.15) is 5.48 Å². The number of rotatable bonds is 6. The lowest BCUT2D eigenvalue weighted by atomic mass is 9.69. The van der Waals surface area contributed by atoms with Crippen molar-refractivity contribution < 1.29 is 22.9 Å². The number of hydrogen-bond donors (Lipinski definition) is 1. The van der Waals surface area contributed by atoms with Gasteiger partial charge in [-0.1, -0.05) is 29.4 Å². The Morgan fingerprint density at radius 3 is 2.10 bits per heavy atom. The van der Waals surface area contributed by atoms with Crippen molar-refractivity contribution in [1.82, 2.24) is 10.6 Å². The molecule has 0 saturated carbocycles. The van der Waals surface area contributed by atoms with Crippen molar-refractivity contribution in [2.75, 3.05) is 6.61 Å². The molecule has 2 heterocycles. The molecule has 7 heteroatoms. The van der Waals surface area contributed by atoms with Crippen LogP contribution in [0.25, 0.3) is 0 Å². The molecule has 0 spiro atoms. The van der Waals surface area contributed by atoms with Crippen LogP contribution in [0, 0.1) is 17.6 Å². The second kappa shape index (κ2) is 7.67. The molecule has 1 atom stereocenters. The lowest BCUT2D eigenvalue weighted by molar-refractivity contribution is -0.0585. The Hall–Kier alpha value is -2.61. The monoisotopic (exact) mass is 400 g/mol. The molecule has 1 aliphatic rings. The third kappa shape index (κ3) is 3.69. The van der Waals surface area contributed by atoms with Crippen LogP contribution in [0.3, 0.4) is 0 Å². The third-order valence-electron chi connectivity index (χ3n) is 5.47. The summed E-state index contributed by atoms with van der Waals surface area (Å²) in [4.78, 5) is 5.98. The summed E-state index contributed by atoms with van der Waals surface area (Å²) in [5.41, 5.74) is 4.13. The van der Waals surface area contributed by atoms with Gasteiger partial charge in [-0.25, -0.2) is 8.78 Å². The number of ether oxygens (including phenoxy) is 1. The van der Waals surface area contributed by atoms with Gasteiger partial charge in [0, 0.05) is 11.5 Å². The zero-order valence-corrected chi connectivity index (χ0v) is 16.2. The van der Waals surface area contributed by atoms with Crippen LogP contribution in [0.1, 0.15) is 30.5 Å². The number of benzene rings is 2. The van der Waals surface area contributed by atoms with E-state index in [2.05, 4.69) is 10.6 Å². The Morgan fingerprint density at radius 1 is 1.00 bits per heavy atom. The summed E-state index contributed by atoms with van der Waals surface area (Å²) in [5.74, 6) is -0.867. The summed E-state index contributed by atoms with van der Waals surface area (Å²) >= 11 is 0. The third-order valence-corrected chi connectivity index (χ3v) is 5.47. The summed E-state index contributed by atoms with van der Waals surface area (Å²) < 4.78 is 38.1. The van der Waals surface area contributed by atoms with E-state index in [0.717, 1.165) is 16.7 Å². The zero-order chi connectivity index (χ0) is 20.5. The first-order chi connectivity index (χ1) is 13.9. The fourth-order valence-electron chi connectivity index (χ4n) is 3.91. The van der Waals surface area contributed by atoms with Gasteiger partial charge in [0.05, 0.1) is 25.0 Å². The molecule has 1 saturated heterocycles. The standard InChI is InChI=1S/C22H22F2N2O3/c1-21(2)20(14-27-12-15-11-25-28-13-15)22(26-29-21,16-3-7-18(23)8-4-16)17-5-9-19(24)10-6-17/h3-11,13,20,26H,12,14H2,1-2H3. The molecule has 3 aromatic rings. The Kier molecular flexibility index (Phi) is 5.21. The first-order valence-corrected chi connectivity index (χ1v) is 9.35. The Balaban J connectivity index is 1.74. The van der Waals surface area contributed by atoms with Crippen LogP contribution in [0.4, 0.5) is 8.78 Å². The molecule has 1 unspecified atom stereocenters. The summed E-state index contributed by atoms with van der Waals surface area (Å²) in [5, 5.41) is 3.68. The van der Waals surface area contributed by atoms with Gasteiger partial charge in [-0.15, -0.1) is 0 Å². The van der Waals surface area contributed by atoms with Crippen LogP contribution in [0.15, 0.2) is 65.5 Å². The molecule has 0 radical (unpaired) electrons. The van der Waals surface area contributed by atoms with E-state index in [0.29, 0.717) is 13.2 Å². The fourth-order valence-corrected chi connectivity index (χ4v) is 3.91. The summed E-state index contributed by atoms with van der Waals surface area (Å²) in [7, 11) is 0. The number of nitrogens with zero attached hydrogens (tertiary/aromatic N) is 1. The van der Waals surface area contributed by atoms with Crippen molar-refractivity contribution in [3.8, 4) is 0 Å². The normalized spacial score (nSPS) is 20.1. The number of hydrogen-bond acceptors (Lipinski definition) is 5. The minimum Gasteiger partial charge on any atom is -0.376 e. The summed E-state index contributed by atoms with van der Waals surface area (Å²) in [6.07, 6.45) is 3.13. The van der Waals surface area contributed by atoms with E-state index in [-0.39, 0.29) is 17.6 Å². The van der Waals surface area contributed by atoms with Crippen LogP contribution in [-0.4, -0.2) is 17.4 Å². The van der Waals surface area contributed by atoms with Gasteiger partial charge in [0.2, 0.25) is 0 Å². The van der Waals surface area contributed by atoms with Gasteiger partial charge in [-0.05, 0) is 49.2 Å². The second-order valence-corrected chi connectivity index (χ2v) is 7.73. The van der Waals surface area contributed by atoms with E-state index in [1.807, 2.05) is 13.8 Å². The minimum atomic E-state index is -0.848. The van der Waals surface area contributed by atoms with E-state index in [4.69, 9.17) is 14.1 Å². The Labute approximate surface area is 167 Å². The van der Waals surface area contributed by atoms with Crippen molar-refractivity contribution >= 4 is 0 Å². The molecule has 1 N–H and O–H groups in total. The van der Waals surface area contributed by atoms with E-state index in [1.54, 1.807) is 30.5 Å². The maximum Gasteiger partial charge on any atom is 0.129 e. The predicted octanol–water partition coefficient (Wildman–Crippen LogP) is 4.34. The topological polar surface area (TPSA) is 56.5 Å². The van der Waals surface area contributed by atoms with Crippen LogP contribution in [0.5, 0.6) is 0 Å². The maximum absolute atomic E-state index is 13.6. The molecule has 0 amide bonds. The van der Waals surface area contributed by atoms with Crippen molar-refractivity contribution in [1.29, 1.82) is 0 Å². The molecule has 4 rings (SSSR count). The van der Waals surface area contributed by atoms with Gasteiger partial charge >= 0.3 is 0 Å². The molecule has 2 aromatic carbocycles. The Bertz CT molecular complexity index is 896. The highest BCUT2D eigenvalue weighted by Gasteiger charge is 2.56. The molecule has 0 aliphatic carbocycles. The molecule has 1 fully saturated rings. The molecule has 5 nitrogen and oxygen atoms in total. The molecular weight excluding hydrogens is 378 g/mol. The first kappa shape index (κ1) is 19.7. The highest BCUT2D eigenvalue weighted by Crippen LogP contribution is 2.48. The van der Waals surface area contributed by atoms with Crippen molar-refractivity contribution in [3.05, 3.63) is 89.3 Å². The molecule has 29 heavy (non-hydrogen) atoms. The van der Waals surface area contributed by atoms with Crippen molar-refractivity contribution in [2.24, 2.45) is 5.92 Å². The van der Waals surface area contributed by atoms with Crippen LogP contribution >= 0.6 is 0 Å². The largest absolute Gasteiger partial charge is 0.376 e. The summed E-state index contributed by atoms with van der Waals surface area (Å²) in [6, 6.07) is 12.5. The highest BCUT2D eigenvalue weighted by molar-refractivity contribution is 5.41. The second-order valence-electron chi connectivity index (χ2n) is 7.73. The molecular formula is C22H22F2N2O3. The van der Waals surface area contributed by atoms with Gasteiger partial charge in [0.15, 0.2) is 0 Å². The van der Waals surface area contributed by atoms with Gasteiger partial charge in [-0.3, -0.25) is 4.84 Å². The van der Waals surface area contributed by atoms with E-state index < -0.39 is 11.1 Å². The van der Waals surface area contributed by atoms with E-state index in [9.17, 15) is 8.78 Å². The fraction of sp³-hybridized carbons (Fsp3) is 0.318. The maximum atomic E-state index is 13.6. The quantitative estimate of drug-likeness (QED) is 0.667. The van der Waals surface area contributed by atoms with E-state index in [1.165, 1.54) is 30.5 Å². The Morgan fingerprint density at radius 2 is 1.59 bits per heavy atom. The lowest BCUT2D eigenvalue weighted by Gasteiger charge is -2.37. The van der Waals surface area contributed by atoms with Gasteiger partial charge in [0.25, 0.3) is 0 Å². The number of aromatic nitrogens is 1. The number of nitrogens with one attached hydrogen (secondary N) is 1. The molecule has 152 valence electrons. The van der Waals surface area contributed by atoms with E-state index >= 15 is 0 Å². The van der Waals surface area contributed by atoms with Gasteiger partial charge in [0.1, 0.15) is 23.4 Å². The van der Waals surface area contributed by atoms with Gasteiger partial charge < -0.3 is 9.26 Å². The number of halogens is 2. The van der Waals surface area contributed by atoms with Crippen molar-refractivity contribution in [2.45, 2.75) is 31.6 Å². The average Bonchev–Trinajstić information content (AvgIpc) is 3.31. The average molecular weight is 400 g/mol. The molecule has 0 bridgehead atoms. The number of hydroxylamine groups is 1. The molecule has 1 aromatic heterocycles. The SMILES string of the molecule is CC1(C)ONC(c2ccc(F)cc2)(c2ccc(F)cc2)C1COCc1cnoc1. The van der Waals surface area contributed by atoms with Crippen LogP contribution < -0.4 is 5.48 Å². The minimum absolute atomic E-state index is 0.203. The predicted molar refractivity (Wildman–Crippen MR) is 102 cm³/mol. The lowest BCUT2D eigenvalue weighted by Crippen LogP contribution is -2.47. The molecule has 1 aliphatic heterocycles. The zero-order valence-electron chi connectivity index (χ0n) is 16.2. The summed E-state index contributed by atoms with van der Waals surface area (Å²) in [6.45, 7) is 4.59. The smallest absolute Gasteiger partial charge is 0.129 e. The van der Waals surface area contributed by atoms with Crippen molar-refractivity contribution in [3.63, 3.8) is 0 Å². The first-order valence-electron chi connectivity index (χ1n) is 9.35. The highest BCUT2D eigenvalue weighted by atomic mass is 19.1. The van der Waals surface area contributed by atoms with Crippen LogP contribution in [0.2, 0.25) is 0 Å². The van der Waals surface area contributed by atoms with Crippen LogP contribution in [-0.2, 0) is 21.7 Å².